The predicted molar refractivity (Wildman–Crippen MR) is 115 cm³/mol. The lowest BCUT2D eigenvalue weighted by Gasteiger charge is -2.34. The van der Waals surface area contributed by atoms with Crippen molar-refractivity contribution in [1.82, 2.24) is 5.32 Å². The maximum absolute atomic E-state index is 13.3. The molecule has 2 heterocycles. The van der Waals surface area contributed by atoms with Crippen molar-refractivity contribution in [3.63, 3.8) is 0 Å². The van der Waals surface area contributed by atoms with E-state index >= 15 is 0 Å². The van der Waals surface area contributed by atoms with Crippen LogP contribution in [0, 0.1) is 0 Å². The second-order valence-corrected chi connectivity index (χ2v) is 7.56. The number of fused-ring (bicyclic) bond motifs is 1. The molecule has 1 atom stereocenters. The minimum atomic E-state index is -0.810. The number of carbonyl (C=O) groups is 3. The minimum absolute atomic E-state index is 0.0846. The molecular formula is C22H19N3O4S. The van der Waals surface area contributed by atoms with Gasteiger partial charge in [-0.15, -0.1) is 11.3 Å². The van der Waals surface area contributed by atoms with Gasteiger partial charge in [-0.25, -0.2) is 0 Å². The van der Waals surface area contributed by atoms with Crippen molar-refractivity contribution in [3.05, 3.63) is 76.5 Å². The molecule has 152 valence electrons. The highest BCUT2D eigenvalue weighted by molar-refractivity contribution is 7.12. The summed E-state index contributed by atoms with van der Waals surface area (Å²) in [6.45, 7) is 0.0846. The number of ether oxygens (including phenoxy) is 1. The van der Waals surface area contributed by atoms with Gasteiger partial charge in [0.25, 0.3) is 17.7 Å². The first-order valence-electron chi connectivity index (χ1n) is 9.31. The first kappa shape index (κ1) is 19.7. The van der Waals surface area contributed by atoms with Crippen LogP contribution >= 0.6 is 11.3 Å². The maximum atomic E-state index is 13.3. The van der Waals surface area contributed by atoms with Crippen LogP contribution in [0.15, 0.2) is 66.0 Å². The second-order valence-electron chi connectivity index (χ2n) is 6.62. The summed E-state index contributed by atoms with van der Waals surface area (Å²) in [6.07, 6.45) is -0.810. The first-order chi connectivity index (χ1) is 14.6. The van der Waals surface area contributed by atoms with Crippen molar-refractivity contribution in [3.8, 4) is 5.75 Å². The van der Waals surface area contributed by atoms with Crippen molar-refractivity contribution in [2.24, 2.45) is 0 Å². The van der Waals surface area contributed by atoms with Crippen LogP contribution in [0.1, 0.15) is 20.0 Å². The van der Waals surface area contributed by atoms with Crippen LogP contribution in [0.3, 0.4) is 0 Å². The Hall–Kier alpha value is -3.65. The fourth-order valence-electron chi connectivity index (χ4n) is 3.21. The van der Waals surface area contributed by atoms with Crippen LogP contribution in [0.4, 0.5) is 11.4 Å². The summed E-state index contributed by atoms with van der Waals surface area (Å²) in [6, 6.07) is 17.4. The van der Waals surface area contributed by atoms with Gasteiger partial charge in [-0.2, -0.15) is 0 Å². The van der Waals surface area contributed by atoms with E-state index in [0.717, 1.165) is 0 Å². The zero-order valence-corrected chi connectivity index (χ0v) is 16.9. The van der Waals surface area contributed by atoms with Gasteiger partial charge in [0.15, 0.2) is 6.10 Å². The molecule has 0 saturated heterocycles. The van der Waals surface area contributed by atoms with Crippen molar-refractivity contribution in [1.29, 1.82) is 0 Å². The van der Waals surface area contributed by atoms with Gasteiger partial charge in [-0.1, -0.05) is 24.3 Å². The van der Waals surface area contributed by atoms with Gasteiger partial charge in [0.05, 0.1) is 17.1 Å². The highest BCUT2D eigenvalue weighted by atomic mass is 32.1. The molecule has 1 aromatic heterocycles. The quantitative estimate of drug-likeness (QED) is 0.677. The molecule has 7 nitrogen and oxygen atoms in total. The molecule has 0 saturated carbocycles. The average Bonchev–Trinajstić information content (AvgIpc) is 3.32. The first-order valence-corrected chi connectivity index (χ1v) is 10.2. The van der Waals surface area contributed by atoms with Crippen LogP contribution in [0.2, 0.25) is 0 Å². The molecule has 2 aromatic carbocycles. The molecule has 2 N–H and O–H groups in total. The molecule has 30 heavy (non-hydrogen) atoms. The Morgan fingerprint density at radius 1 is 1.07 bits per heavy atom. The summed E-state index contributed by atoms with van der Waals surface area (Å²) >= 11 is 1.34. The lowest BCUT2D eigenvalue weighted by atomic mass is 10.1. The molecule has 8 heteroatoms. The monoisotopic (exact) mass is 421 g/mol. The third-order valence-electron chi connectivity index (χ3n) is 4.67. The molecular weight excluding hydrogens is 402 g/mol. The smallest absolute Gasteiger partial charge is 0.265 e. The van der Waals surface area contributed by atoms with E-state index in [1.807, 2.05) is 5.38 Å². The Kier molecular flexibility index (Phi) is 5.49. The number of carbonyl (C=O) groups excluding carboxylic acids is 3. The van der Waals surface area contributed by atoms with Crippen LogP contribution in [0.5, 0.6) is 5.75 Å². The molecule has 0 aliphatic carbocycles. The van der Waals surface area contributed by atoms with E-state index in [1.165, 1.54) is 23.3 Å². The van der Waals surface area contributed by atoms with Crippen LogP contribution in [-0.4, -0.2) is 37.4 Å². The van der Waals surface area contributed by atoms with Gasteiger partial charge in [0.1, 0.15) is 5.75 Å². The molecule has 0 fully saturated rings. The van der Waals surface area contributed by atoms with E-state index in [9.17, 15) is 14.4 Å². The Morgan fingerprint density at radius 3 is 2.67 bits per heavy atom. The van der Waals surface area contributed by atoms with E-state index in [2.05, 4.69) is 10.6 Å². The van der Waals surface area contributed by atoms with Gasteiger partial charge in [-0.05, 0) is 41.8 Å². The zero-order chi connectivity index (χ0) is 21.1. The number of nitrogens with zero attached hydrogens (tertiary/aromatic N) is 1. The minimum Gasteiger partial charge on any atom is -0.477 e. The number of hydrogen-bond donors (Lipinski definition) is 2. The van der Waals surface area contributed by atoms with Gasteiger partial charge in [0, 0.05) is 18.3 Å². The van der Waals surface area contributed by atoms with E-state index < -0.39 is 6.10 Å². The fraction of sp³-hybridized carbons (Fsp3) is 0.136. The number of rotatable bonds is 4. The van der Waals surface area contributed by atoms with Crippen molar-refractivity contribution in [2.45, 2.75) is 6.10 Å². The standard InChI is InChI=1S/C22H19N3O4S/c1-23-20(26)18-13-25(16-8-2-3-9-17(16)29-18)22(28)14-6-4-7-15(12-14)24-21(27)19-10-5-11-30-19/h2-12,18H,13H2,1H3,(H,23,26)(H,24,27)/t18-/m1/s1. The van der Waals surface area contributed by atoms with Crippen molar-refractivity contribution >= 4 is 40.4 Å². The summed E-state index contributed by atoms with van der Waals surface area (Å²) in [5.74, 6) is -0.356. The molecule has 0 spiro atoms. The summed E-state index contributed by atoms with van der Waals surface area (Å²) in [5.41, 5.74) is 1.51. The summed E-state index contributed by atoms with van der Waals surface area (Å²) < 4.78 is 5.76. The number of para-hydroxylation sites is 2. The van der Waals surface area contributed by atoms with Crippen LogP contribution < -0.4 is 20.3 Å². The molecule has 1 aliphatic rings. The molecule has 4 rings (SSSR count). The number of thiophene rings is 1. The summed E-state index contributed by atoms with van der Waals surface area (Å²) in [5, 5.41) is 7.20. The Balaban J connectivity index is 1.60. The molecule has 0 bridgehead atoms. The normalized spacial score (nSPS) is 15.0. The summed E-state index contributed by atoms with van der Waals surface area (Å²) in [4.78, 5) is 39.9. The van der Waals surface area contributed by atoms with E-state index in [0.29, 0.717) is 27.6 Å². The third kappa shape index (κ3) is 3.90. The van der Waals surface area contributed by atoms with Gasteiger partial charge in [-0.3, -0.25) is 14.4 Å². The Labute approximate surface area is 177 Å². The number of anilines is 2. The van der Waals surface area contributed by atoms with Gasteiger partial charge in [0.2, 0.25) is 0 Å². The van der Waals surface area contributed by atoms with Crippen molar-refractivity contribution < 1.29 is 19.1 Å². The third-order valence-corrected chi connectivity index (χ3v) is 5.54. The van der Waals surface area contributed by atoms with Crippen molar-refractivity contribution in [2.75, 3.05) is 23.8 Å². The SMILES string of the molecule is CNC(=O)[C@H]1CN(C(=O)c2cccc(NC(=O)c3cccs3)c2)c2ccccc2O1. The highest BCUT2D eigenvalue weighted by Gasteiger charge is 2.33. The van der Waals surface area contributed by atoms with Crippen LogP contribution in [-0.2, 0) is 4.79 Å². The summed E-state index contributed by atoms with van der Waals surface area (Å²) in [7, 11) is 1.53. The van der Waals surface area contributed by atoms with Gasteiger partial charge < -0.3 is 20.3 Å². The van der Waals surface area contributed by atoms with E-state index in [4.69, 9.17) is 4.74 Å². The Morgan fingerprint density at radius 2 is 1.90 bits per heavy atom. The number of nitrogens with one attached hydrogen (secondary N) is 2. The number of benzene rings is 2. The topological polar surface area (TPSA) is 87.7 Å². The fourth-order valence-corrected chi connectivity index (χ4v) is 3.83. The molecule has 0 unspecified atom stereocenters. The Bertz CT molecular complexity index is 1100. The molecule has 3 aromatic rings. The predicted octanol–water partition coefficient (Wildman–Crippen LogP) is 3.15. The molecule has 0 radical (unpaired) electrons. The lowest BCUT2D eigenvalue weighted by molar-refractivity contribution is -0.127. The number of hydrogen-bond acceptors (Lipinski definition) is 5. The number of likely N-dealkylation sites (N-methyl/N-ethyl adjacent to an activating group) is 1. The van der Waals surface area contributed by atoms with E-state index in [1.54, 1.807) is 60.7 Å². The molecule has 3 amide bonds. The zero-order valence-electron chi connectivity index (χ0n) is 16.1. The average molecular weight is 421 g/mol. The largest absolute Gasteiger partial charge is 0.477 e. The lowest BCUT2D eigenvalue weighted by Crippen LogP contribution is -2.50. The highest BCUT2D eigenvalue weighted by Crippen LogP contribution is 2.34. The number of amides is 3. The van der Waals surface area contributed by atoms with E-state index in [-0.39, 0.29) is 24.3 Å². The van der Waals surface area contributed by atoms with Crippen LogP contribution in [0.25, 0.3) is 0 Å². The van der Waals surface area contributed by atoms with Gasteiger partial charge >= 0.3 is 0 Å². The molecule has 1 aliphatic heterocycles. The second kappa shape index (κ2) is 8.38. The maximum Gasteiger partial charge on any atom is 0.265 e.